The van der Waals surface area contributed by atoms with Gasteiger partial charge in [0.2, 0.25) is 0 Å². The normalized spacial score (nSPS) is 17.0. The maximum Gasteiger partial charge on any atom is 0.119 e. The van der Waals surface area contributed by atoms with Crippen LogP contribution in [0.5, 0.6) is 5.75 Å². The fourth-order valence-corrected chi connectivity index (χ4v) is 3.63. The van der Waals surface area contributed by atoms with Gasteiger partial charge in [-0.1, -0.05) is 0 Å². The number of likely N-dealkylation sites (N-methyl/N-ethyl adjacent to an activating group) is 1. The number of rotatable bonds is 6. The maximum atomic E-state index is 5.69. The van der Waals surface area contributed by atoms with Crippen LogP contribution in [0.25, 0.3) is 0 Å². The number of fused-ring (bicyclic) bond motifs is 1. The number of hydrogen-bond donors (Lipinski definition) is 1. The van der Waals surface area contributed by atoms with Crippen LogP contribution in [-0.4, -0.2) is 57.0 Å². The highest BCUT2D eigenvalue weighted by molar-refractivity contribution is 6.06. The minimum atomic E-state index is 0.656. The molecule has 142 valence electrons. The third kappa shape index (κ3) is 4.15. The first-order valence-corrected chi connectivity index (χ1v) is 9.80. The van der Waals surface area contributed by atoms with E-state index >= 15 is 0 Å². The van der Waals surface area contributed by atoms with Gasteiger partial charge >= 0.3 is 0 Å². The first kappa shape index (κ1) is 18.0. The Morgan fingerprint density at radius 1 is 1.04 bits per heavy atom. The lowest BCUT2D eigenvalue weighted by Gasteiger charge is -2.34. The summed E-state index contributed by atoms with van der Waals surface area (Å²) in [5.74, 6) is 0.890. The summed E-state index contributed by atoms with van der Waals surface area (Å²) in [6.45, 7) is 5.75. The predicted octanol–water partition coefficient (Wildman–Crippen LogP) is 2.84. The zero-order chi connectivity index (χ0) is 18.6. The lowest BCUT2D eigenvalue weighted by atomic mass is 10.0. The lowest BCUT2D eigenvalue weighted by molar-refractivity contribution is 0.313. The maximum absolute atomic E-state index is 5.69. The standard InChI is InChI=1S/C22H28N4O/c1-25-10-12-26(13-11-25)19-5-8-21-18(15-19)16-22(24-21)17-3-6-20(7-4-17)27-14-2-9-23/h3-8,15H,2,9-14,16,23H2,1H3. The van der Waals surface area contributed by atoms with Gasteiger partial charge in [-0.05, 0) is 73.6 Å². The van der Waals surface area contributed by atoms with E-state index in [2.05, 4.69) is 47.2 Å². The Bertz CT molecular complexity index is 808. The van der Waals surface area contributed by atoms with Gasteiger partial charge in [-0.2, -0.15) is 0 Å². The van der Waals surface area contributed by atoms with Gasteiger partial charge < -0.3 is 20.3 Å². The predicted molar refractivity (Wildman–Crippen MR) is 112 cm³/mol. The number of benzene rings is 2. The van der Waals surface area contributed by atoms with E-state index in [1.807, 2.05) is 12.1 Å². The fraction of sp³-hybridized carbons (Fsp3) is 0.409. The Kier molecular flexibility index (Phi) is 5.41. The Labute approximate surface area is 161 Å². The second-order valence-corrected chi connectivity index (χ2v) is 7.35. The topological polar surface area (TPSA) is 54.1 Å². The molecule has 0 unspecified atom stereocenters. The van der Waals surface area contributed by atoms with Crippen LogP contribution in [0, 0.1) is 0 Å². The largest absolute Gasteiger partial charge is 0.494 e. The molecule has 0 atom stereocenters. The van der Waals surface area contributed by atoms with Crippen molar-refractivity contribution in [3.63, 3.8) is 0 Å². The minimum absolute atomic E-state index is 0.656. The van der Waals surface area contributed by atoms with Crippen LogP contribution in [0.3, 0.4) is 0 Å². The molecular weight excluding hydrogens is 336 g/mol. The van der Waals surface area contributed by atoms with Gasteiger partial charge in [-0.15, -0.1) is 0 Å². The summed E-state index contributed by atoms with van der Waals surface area (Å²) in [6, 6.07) is 14.9. The van der Waals surface area contributed by atoms with Gasteiger partial charge in [0.25, 0.3) is 0 Å². The number of aliphatic imine (C=N–C) groups is 1. The number of hydrogen-bond acceptors (Lipinski definition) is 5. The molecule has 5 heteroatoms. The molecule has 0 amide bonds. The Hall–Kier alpha value is -2.37. The van der Waals surface area contributed by atoms with Crippen molar-refractivity contribution in [3.05, 3.63) is 53.6 Å². The van der Waals surface area contributed by atoms with Crippen molar-refractivity contribution < 1.29 is 4.74 Å². The Balaban J connectivity index is 1.42. The number of nitrogens with two attached hydrogens (primary N) is 1. The van der Waals surface area contributed by atoms with E-state index in [4.69, 9.17) is 15.5 Å². The Morgan fingerprint density at radius 2 is 1.81 bits per heavy atom. The molecule has 4 rings (SSSR count). The van der Waals surface area contributed by atoms with Gasteiger partial charge in [-0.3, -0.25) is 4.99 Å². The molecule has 5 nitrogen and oxygen atoms in total. The molecule has 0 radical (unpaired) electrons. The zero-order valence-electron chi connectivity index (χ0n) is 16.0. The molecule has 1 saturated heterocycles. The average molecular weight is 364 g/mol. The van der Waals surface area contributed by atoms with E-state index in [1.54, 1.807) is 0 Å². The summed E-state index contributed by atoms with van der Waals surface area (Å²) in [6.07, 6.45) is 1.77. The molecule has 0 aromatic heterocycles. The molecule has 2 aliphatic heterocycles. The van der Waals surface area contributed by atoms with Gasteiger partial charge in [0.1, 0.15) is 5.75 Å². The molecule has 2 N–H and O–H groups in total. The van der Waals surface area contributed by atoms with E-state index in [0.29, 0.717) is 13.2 Å². The van der Waals surface area contributed by atoms with E-state index in [-0.39, 0.29) is 0 Å². The summed E-state index contributed by atoms with van der Waals surface area (Å²) >= 11 is 0. The molecule has 2 heterocycles. The van der Waals surface area contributed by atoms with Gasteiger partial charge in [0.15, 0.2) is 0 Å². The van der Waals surface area contributed by atoms with Crippen molar-refractivity contribution in [2.24, 2.45) is 10.7 Å². The molecule has 27 heavy (non-hydrogen) atoms. The molecule has 2 aliphatic rings. The van der Waals surface area contributed by atoms with Crippen LogP contribution in [0.4, 0.5) is 11.4 Å². The summed E-state index contributed by atoms with van der Waals surface area (Å²) < 4.78 is 5.69. The van der Waals surface area contributed by atoms with Gasteiger partial charge in [-0.25, -0.2) is 0 Å². The summed E-state index contributed by atoms with van der Waals surface area (Å²) in [7, 11) is 2.19. The SMILES string of the molecule is CN1CCN(c2ccc3c(c2)CC(c2ccc(OCCCN)cc2)=N3)CC1. The highest BCUT2D eigenvalue weighted by atomic mass is 16.5. The molecule has 0 aliphatic carbocycles. The van der Waals surface area contributed by atoms with Crippen molar-refractivity contribution >= 4 is 17.1 Å². The molecule has 2 aromatic carbocycles. The quantitative estimate of drug-likeness (QED) is 0.801. The van der Waals surface area contributed by atoms with Gasteiger partial charge in [0.05, 0.1) is 18.0 Å². The average Bonchev–Trinajstić information content (AvgIpc) is 3.12. The van der Waals surface area contributed by atoms with Crippen LogP contribution >= 0.6 is 0 Å². The van der Waals surface area contributed by atoms with Gasteiger partial charge in [0, 0.05) is 38.3 Å². The second-order valence-electron chi connectivity index (χ2n) is 7.35. The van der Waals surface area contributed by atoms with Crippen molar-refractivity contribution in [2.75, 3.05) is 51.3 Å². The number of nitrogens with zero attached hydrogens (tertiary/aromatic N) is 3. The van der Waals surface area contributed by atoms with Crippen LogP contribution in [0.2, 0.25) is 0 Å². The molecule has 0 spiro atoms. The van der Waals surface area contributed by atoms with Crippen molar-refractivity contribution in [3.8, 4) is 5.75 Å². The van der Waals surface area contributed by atoms with E-state index in [0.717, 1.165) is 56.2 Å². The first-order chi connectivity index (χ1) is 13.2. The summed E-state index contributed by atoms with van der Waals surface area (Å²) in [5.41, 5.74) is 11.6. The molecule has 0 bridgehead atoms. The van der Waals surface area contributed by atoms with Crippen LogP contribution < -0.4 is 15.4 Å². The van der Waals surface area contributed by atoms with Crippen LogP contribution in [-0.2, 0) is 6.42 Å². The minimum Gasteiger partial charge on any atom is -0.494 e. The molecule has 0 saturated carbocycles. The second kappa shape index (κ2) is 8.11. The molecule has 2 aromatic rings. The van der Waals surface area contributed by atoms with Crippen LogP contribution in [0.1, 0.15) is 17.5 Å². The molecular formula is C22H28N4O. The highest BCUT2D eigenvalue weighted by Crippen LogP contribution is 2.33. The Morgan fingerprint density at radius 3 is 2.56 bits per heavy atom. The smallest absolute Gasteiger partial charge is 0.119 e. The highest BCUT2D eigenvalue weighted by Gasteiger charge is 2.19. The van der Waals surface area contributed by atoms with E-state index in [9.17, 15) is 0 Å². The van der Waals surface area contributed by atoms with Crippen molar-refractivity contribution in [1.82, 2.24) is 4.90 Å². The van der Waals surface area contributed by atoms with E-state index in [1.165, 1.54) is 16.8 Å². The fourth-order valence-electron chi connectivity index (χ4n) is 3.63. The molecule has 1 fully saturated rings. The van der Waals surface area contributed by atoms with Crippen molar-refractivity contribution in [2.45, 2.75) is 12.8 Å². The van der Waals surface area contributed by atoms with Crippen LogP contribution in [0.15, 0.2) is 47.5 Å². The first-order valence-electron chi connectivity index (χ1n) is 9.80. The van der Waals surface area contributed by atoms with Crippen molar-refractivity contribution in [1.29, 1.82) is 0 Å². The monoisotopic (exact) mass is 364 g/mol. The number of ether oxygens (including phenoxy) is 1. The lowest BCUT2D eigenvalue weighted by Crippen LogP contribution is -2.44. The number of piperazine rings is 1. The van der Waals surface area contributed by atoms with E-state index < -0.39 is 0 Å². The third-order valence-electron chi connectivity index (χ3n) is 5.35. The third-order valence-corrected chi connectivity index (χ3v) is 5.35. The summed E-state index contributed by atoms with van der Waals surface area (Å²) in [4.78, 5) is 9.72. The summed E-state index contributed by atoms with van der Waals surface area (Å²) in [5, 5.41) is 0. The number of anilines is 1. The zero-order valence-corrected chi connectivity index (χ0v) is 16.0.